The summed E-state index contributed by atoms with van der Waals surface area (Å²) in [6.45, 7) is 2.39. The molecular formula is C28H26FN3O5S. The molecule has 0 bridgehead atoms. The van der Waals surface area contributed by atoms with E-state index in [4.69, 9.17) is 9.47 Å². The number of hydrogen-bond acceptors (Lipinski definition) is 7. The fraction of sp³-hybridized carbons (Fsp3) is 0.250. The van der Waals surface area contributed by atoms with Crippen LogP contribution >= 0.6 is 0 Å². The van der Waals surface area contributed by atoms with Gasteiger partial charge in [0.2, 0.25) is 16.8 Å². The lowest BCUT2D eigenvalue weighted by atomic mass is 9.96. The average Bonchev–Trinajstić information content (AvgIpc) is 3.40. The first kappa shape index (κ1) is 24.4. The third-order valence-electron chi connectivity index (χ3n) is 7.06. The van der Waals surface area contributed by atoms with E-state index in [1.165, 1.54) is 34.6 Å². The topological polar surface area (TPSA) is 88.2 Å². The van der Waals surface area contributed by atoms with Crippen molar-refractivity contribution in [2.45, 2.75) is 11.3 Å². The molecule has 0 amide bonds. The Morgan fingerprint density at radius 1 is 0.947 bits per heavy atom. The third-order valence-corrected chi connectivity index (χ3v) is 8.96. The summed E-state index contributed by atoms with van der Waals surface area (Å²) in [6.07, 6.45) is 2.30. The van der Waals surface area contributed by atoms with E-state index >= 15 is 0 Å². The van der Waals surface area contributed by atoms with E-state index in [1.807, 2.05) is 17.0 Å². The summed E-state index contributed by atoms with van der Waals surface area (Å²) >= 11 is 0. The molecule has 3 aromatic carbocycles. The molecule has 8 nitrogen and oxygen atoms in total. The van der Waals surface area contributed by atoms with E-state index in [1.54, 1.807) is 24.3 Å². The first-order valence-electron chi connectivity index (χ1n) is 12.4. The summed E-state index contributed by atoms with van der Waals surface area (Å²) in [5.41, 5.74) is 3.74. The number of hydrogen-bond donors (Lipinski definition) is 1. The van der Waals surface area contributed by atoms with Crippen molar-refractivity contribution in [2.24, 2.45) is 0 Å². The monoisotopic (exact) mass is 535 g/mol. The predicted octanol–water partition coefficient (Wildman–Crippen LogP) is 3.43. The van der Waals surface area contributed by atoms with E-state index in [2.05, 4.69) is 5.32 Å². The number of sulfonamides is 1. The number of ether oxygens (including phenoxy) is 2. The van der Waals surface area contributed by atoms with Gasteiger partial charge >= 0.3 is 0 Å². The number of nitrogens with one attached hydrogen (secondary N) is 1. The van der Waals surface area contributed by atoms with Crippen LogP contribution in [-0.4, -0.2) is 58.0 Å². The summed E-state index contributed by atoms with van der Waals surface area (Å²) in [4.78, 5) is 15.3. The lowest BCUT2D eigenvalue weighted by Crippen LogP contribution is -2.48. The van der Waals surface area contributed by atoms with E-state index < -0.39 is 10.0 Å². The number of benzene rings is 3. The first-order valence-corrected chi connectivity index (χ1v) is 13.9. The average molecular weight is 536 g/mol. The van der Waals surface area contributed by atoms with Crippen molar-refractivity contribution in [2.75, 3.05) is 44.4 Å². The SMILES string of the molecule is O=C(C=C1NCCc2cc3c(cc21)OCO3)c1cccc(S(=O)(=O)N2CCN(c3ccc(F)cc3)CC2)c1. The molecule has 0 radical (unpaired) electrons. The van der Waals surface area contributed by atoms with Crippen LogP contribution in [0.4, 0.5) is 10.1 Å². The lowest BCUT2D eigenvalue weighted by Gasteiger charge is -2.35. The van der Waals surface area contributed by atoms with Crippen molar-refractivity contribution in [1.82, 2.24) is 9.62 Å². The molecule has 0 atom stereocenters. The zero-order chi connectivity index (χ0) is 26.3. The molecule has 196 valence electrons. The molecule has 1 fully saturated rings. The second-order valence-corrected chi connectivity index (χ2v) is 11.3. The molecule has 1 N–H and O–H groups in total. The zero-order valence-electron chi connectivity index (χ0n) is 20.5. The molecule has 0 aliphatic carbocycles. The van der Waals surface area contributed by atoms with Crippen LogP contribution in [-0.2, 0) is 16.4 Å². The Morgan fingerprint density at radius 3 is 2.45 bits per heavy atom. The highest BCUT2D eigenvalue weighted by atomic mass is 32.2. The largest absolute Gasteiger partial charge is 0.454 e. The van der Waals surface area contributed by atoms with E-state index in [9.17, 15) is 17.6 Å². The van der Waals surface area contributed by atoms with Crippen LogP contribution in [0, 0.1) is 5.82 Å². The number of rotatable bonds is 5. The molecule has 0 saturated carbocycles. The molecule has 3 heterocycles. The van der Waals surface area contributed by atoms with Crippen LogP contribution in [0.1, 0.15) is 21.5 Å². The molecule has 10 heteroatoms. The highest BCUT2D eigenvalue weighted by Gasteiger charge is 2.29. The summed E-state index contributed by atoms with van der Waals surface area (Å²) in [5, 5.41) is 3.28. The van der Waals surface area contributed by atoms with Gasteiger partial charge < -0.3 is 19.7 Å². The van der Waals surface area contributed by atoms with Gasteiger partial charge in [0.25, 0.3) is 0 Å². The fourth-order valence-corrected chi connectivity index (χ4v) is 6.48. The van der Waals surface area contributed by atoms with Gasteiger partial charge in [-0.1, -0.05) is 12.1 Å². The summed E-state index contributed by atoms with van der Waals surface area (Å²) in [7, 11) is -3.79. The maximum Gasteiger partial charge on any atom is 0.243 e. The quantitative estimate of drug-likeness (QED) is 0.396. The van der Waals surface area contributed by atoms with Gasteiger partial charge in [0.1, 0.15) is 5.82 Å². The van der Waals surface area contributed by atoms with Crippen molar-refractivity contribution < 1.29 is 27.1 Å². The third kappa shape index (κ3) is 4.61. The number of halogens is 1. The lowest BCUT2D eigenvalue weighted by molar-refractivity contribution is 0.104. The van der Waals surface area contributed by atoms with Crippen molar-refractivity contribution in [3.05, 3.63) is 89.2 Å². The Balaban J connectivity index is 1.20. The first-order chi connectivity index (χ1) is 18.4. The minimum atomic E-state index is -3.79. The van der Waals surface area contributed by atoms with E-state index in [0.717, 1.165) is 23.2 Å². The van der Waals surface area contributed by atoms with Crippen molar-refractivity contribution in [3.8, 4) is 11.5 Å². The Hall–Kier alpha value is -3.89. The summed E-state index contributed by atoms with van der Waals surface area (Å²) in [6, 6.07) is 16.1. The standard InChI is InChI=1S/C28H26FN3O5S/c29-21-4-6-22(7-5-21)31-10-12-32(13-11-31)38(34,35)23-3-1-2-20(14-23)26(33)17-25-24-16-28-27(36-18-37-28)15-19(24)8-9-30-25/h1-7,14-17,30H,8-13,18H2. The maximum absolute atomic E-state index is 13.4. The molecule has 6 rings (SSSR count). The zero-order valence-corrected chi connectivity index (χ0v) is 21.3. The Morgan fingerprint density at radius 2 is 1.68 bits per heavy atom. The van der Waals surface area contributed by atoms with Gasteiger partial charge in [-0.2, -0.15) is 4.31 Å². The molecule has 3 aliphatic rings. The van der Waals surface area contributed by atoms with Crippen molar-refractivity contribution in [3.63, 3.8) is 0 Å². The molecular weight excluding hydrogens is 509 g/mol. The van der Waals surface area contributed by atoms with Gasteiger partial charge in [-0.15, -0.1) is 0 Å². The predicted molar refractivity (Wildman–Crippen MR) is 140 cm³/mol. The second kappa shape index (κ2) is 9.77. The summed E-state index contributed by atoms with van der Waals surface area (Å²) in [5.74, 6) is 0.734. The fourth-order valence-electron chi connectivity index (χ4n) is 5.01. The van der Waals surface area contributed by atoms with Gasteiger partial charge in [-0.25, -0.2) is 12.8 Å². The molecule has 0 unspecified atom stereocenters. The number of allylic oxidation sites excluding steroid dienone is 1. The number of piperazine rings is 1. The van der Waals surface area contributed by atoms with Gasteiger partial charge in [0.15, 0.2) is 17.3 Å². The number of fused-ring (bicyclic) bond motifs is 2. The number of ketones is 1. The van der Waals surface area contributed by atoms with Crippen LogP contribution < -0.4 is 19.7 Å². The second-order valence-electron chi connectivity index (χ2n) is 9.36. The van der Waals surface area contributed by atoms with Gasteiger partial charge in [-0.05, 0) is 60.5 Å². The van der Waals surface area contributed by atoms with Crippen molar-refractivity contribution >= 4 is 27.2 Å². The Labute approximate surface area is 220 Å². The molecule has 0 aromatic heterocycles. The smallest absolute Gasteiger partial charge is 0.243 e. The van der Waals surface area contributed by atoms with Crippen LogP contribution in [0.15, 0.2) is 71.6 Å². The highest BCUT2D eigenvalue weighted by Crippen LogP contribution is 2.38. The molecule has 1 saturated heterocycles. The highest BCUT2D eigenvalue weighted by molar-refractivity contribution is 7.89. The minimum Gasteiger partial charge on any atom is -0.454 e. The van der Waals surface area contributed by atoms with Gasteiger partial charge in [0, 0.05) is 61.3 Å². The van der Waals surface area contributed by atoms with Crippen LogP contribution in [0.25, 0.3) is 5.70 Å². The van der Waals surface area contributed by atoms with E-state index in [-0.39, 0.29) is 28.9 Å². The molecule has 0 spiro atoms. The molecule has 3 aromatic rings. The van der Waals surface area contributed by atoms with Gasteiger partial charge in [-0.3, -0.25) is 4.79 Å². The number of anilines is 1. The van der Waals surface area contributed by atoms with Crippen molar-refractivity contribution in [1.29, 1.82) is 0 Å². The summed E-state index contributed by atoms with van der Waals surface area (Å²) < 4.78 is 52.5. The van der Waals surface area contributed by atoms with Crippen LogP contribution in [0.2, 0.25) is 0 Å². The number of carbonyl (C=O) groups is 1. The van der Waals surface area contributed by atoms with Gasteiger partial charge in [0.05, 0.1) is 4.90 Å². The van der Waals surface area contributed by atoms with Crippen LogP contribution in [0.3, 0.4) is 0 Å². The number of carbonyl (C=O) groups excluding carboxylic acids is 1. The number of nitrogens with zero attached hydrogens (tertiary/aromatic N) is 2. The Kier molecular flexibility index (Phi) is 6.29. The van der Waals surface area contributed by atoms with Crippen LogP contribution in [0.5, 0.6) is 11.5 Å². The maximum atomic E-state index is 13.4. The van der Waals surface area contributed by atoms with E-state index in [0.29, 0.717) is 49.9 Å². The molecule has 38 heavy (non-hydrogen) atoms. The normalized spacial score (nSPS) is 18.2. The Bertz CT molecular complexity index is 1530. The minimum absolute atomic E-state index is 0.0809. The molecule has 3 aliphatic heterocycles.